The summed E-state index contributed by atoms with van der Waals surface area (Å²) < 4.78 is 33.7. The van der Waals surface area contributed by atoms with E-state index < -0.39 is 11.6 Å². The number of halogens is 2. The summed E-state index contributed by atoms with van der Waals surface area (Å²) in [4.78, 5) is 18.5. The Morgan fingerprint density at radius 2 is 1.88 bits per heavy atom. The van der Waals surface area contributed by atoms with E-state index in [0.29, 0.717) is 35.9 Å². The molecule has 2 heterocycles. The van der Waals surface area contributed by atoms with Crippen LogP contribution in [0.3, 0.4) is 0 Å². The zero-order valence-corrected chi connectivity index (χ0v) is 13.7. The Bertz CT molecular complexity index is 957. The van der Waals surface area contributed by atoms with Gasteiger partial charge in [-0.2, -0.15) is 0 Å². The average Bonchev–Trinajstić information content (AvgIpc) is 3.08. The summed E-state index contributed by atoms with van der Waals surface area (Å²) in [6, 6.07) is 12.4. The molecule has 0 atom stereocenters. The Labute approximate surface area is 148 Å². The van der Waals surface area contributed by atoms with E-state index in [1.807, 2.05) is 30.3 Å². The zero-order valence-electron chi connectivity index (χ0n) is 13.7. The summed E-state index contributed by atoms with van der Waals surface area (Å²) in [5.74, 6) is -0.584. The average molecular weight is 355 g/mol. The van der Waals surface area contributed by atoms with Gasteiger partial charge in [0.2, 0.25) is 0 Å². The lowest BCUT2D eigenvalue weighted by Gasteiger charge is -2.27. The van der Waals surface area contributed by atoms with Crippen molar-refractivity contribution in [1.82, 2.24) is 9.55 Å². The van der Waals surface area contributed by atoms with Crippen molar-refractivity contribution >= 4 is 11.7 Å². The monoisotopic (exact) mass is 355 g/mol. The number of carbonyl (C=O) groups is 1. The number of amides is 1. The molecule has 5 nitrogen and oxygen atoms in total. The van der Waals surface area contributed by atoms with Crippen molar-refractivity contribution in [2.24, 2.45) is 0 Å². The maximum atomic E-state index is 13.5. The summed E-state index contributed by atoms with van der Waals surface area (Å²) in [5.41, 5.74) is 0.944. The van der Waals surface area contributed by atoms with E-state index in [0.717, 1.165) is 12.1 Å². The van der Waals surface area contributed by atoms with Gasteiger partial charge in [-0.05, 0) is 24.3 Å². The van der Waals surface area contributed by atoms with Crippen molar-refractivity contribution < 1.29 is 18.3 Å². The highest BCUT2D eigenvalue weighted by Gasteiger charge is 2.27. The van der Waals surface area contributed by atoms with Crippen molar-refractivity contribution in [3.8, 4) is 5.75 Å². The van der Waals surface area contributed by atoms with Gasteiger partial charge in [-0.15, -0.1) is 0 Å². The van der Waals surface area contributed by atoms with E-state index in [1.165, 1.54) is 15.5 Å². The van der Waals surface area contributed by atoms with Gasteiger partial charge in [-0.25, -0.2) is 18.6 Å². The lowest BCUT2D eigenvalue weighted by atomic mass is 10.2. The van der Waals surface area contributed by atoms with Crippen LogP contribution in [0.15, 0.2) is 54.7 Å². The van der Waals surface area contributed by atoms with Crippen molar-refractivity contribution in [1.29, 1.82) is 0 Å². The second kappa shape index (κ2) is 6.59. The SMILES string of the molecule is O=C1N(c2ccc(F)c(F)c2)CCc2nc(COc3ccccc3)cn21. The third-order valence-corrected chi connectivity index (χ3v) is 4.17. The molecule has 0 radical (unpaired) electrons. The Balaban J connectivity index is 1.53. The number of rotatable bonds is 4. The standard InChI is InChI=1S/C19H15F2N3O2/c20-16-7-6-14(10-17(16)21)23-9-8-18-22-13(11-24(18)19(23)25)12-26-15-4-2-1-3-5-15/h1-7,10-11H,8-9,12H2. The molecule has 0 aliphatic carbocycles. The third-order valence-electron chi connectivity index (χ3n) is 4.17. The fourth-order valence-electron chi connectivity index (χ4n) is 2.89. The highest BCUT2D eigenvalue weighted by atomic mass is 19.2. The van der Waals surface area contributed by atoms with Crippen molar-refractivity contribution in [2.45, 2.75) is 13.0 Å². The molecule has 3 aromatic rings. The molecule has 1 aliphatic rings. The summed E-state index contributed by atoms with van der Waals surface area (Å²) in [6.45, 7) is 0.586. The molecular weight excluding hydrogens is 340 g/mol. The van der Waals surface area contributed by atoms with E-state index in [2.05, 4.69) is 4.98 Å². The normalized spacial score (nSPS) is 13.6. The Morgan fingerprint density at radius 1 is 1.08 bits per heavy atom. The van der Waals surface area contributed by atoms with Crippen molar-refractivity contribution in [3.05, 3.63) is 77.9 Å². The summed E-state index contributed by atoms with van der Waals surface area (Å²) in [7, 11) is 0. The summed E-state index contributed by atoms with van der Waals surface area (Å²) >= 11 is 0. The minimum absolute atomic E-state index is 0.239. The first-order valence-corrected chi connectivity index (χ1v) is 8.14. The molecule has 0 saturated carbocycles. The minimum Gasteiger partial charge on any atom is -0.487 e. The van der Waals surface area contributed by atoms with E-state index >= 15 is 0 Å². The molecule has 1 amide bonds. The molecule has 0 spiro atoms. The quantitative estimate of drug-likeness (QED) is 0.716. The first-order chi connectivity index (χ1) is 12.6. The predicted octanol–water partition coefficient (Wildman–Crippen LogP) is 3.77. The number of nitrogens with zero attached hydrogens (tertiary/aromatic N) is 3. The van der Waals surface area contributed by atoms with Gasteiger partial charge in [0.15, 0.2) is 11.6 Å². The van der Waals surface area contributed by atoms with E-state index in [4.69, 9.17) is 4.74 Å². The number of ether oxygens (including phenoxy) is 1. The number of anilines is 1. The molecule has 4 rings (SSSR count). The van der Waals surface area contributed by atoms with Crippen LogP contribution in [0.25, 0.3) is 0 Å². The van der Waals surface area contributed by atoms with Gasteiger partial charge in [0.25, 0.3) is 0 Å². The van der Waals surface area contributed by atoms with Gasteiger partial charge in [0.1, 0.15) is 18.2 Å². The fourth-order valence-corrected chi connectivity index (χ4v) is 2.89. The van der Waals surface area contributed by atoms with Gasteiger partial charge in [-0.1, -0.05) is 18.2 Å². The Kier molecular flexibility index (Phi) is 4.12. The smallest absolute Gasteiger partial charge is 0.334 e. The molecule has 132 valence electrons. The molecule has 1 aliphatic heterocycles. The third kappa shape index (κ3) is 3.03. The first-order valence-electron chi connectivity index (χ1n) is 8.14. The molecule has 0 bridgehead atoms. The highest BCUT2D eigenvalue weighted by molar-refractivity contribution is 5.94. The molecule has 7 heteroatoms. The van der Waals surface area contributed by atoms with Crippen LogP contribution in [0.5, 0.6) is 5.75 Å². The second-order valence-corrected chi connectivity index (χ2v) is 5.90. The topological polar surface area (TPSA) is 47.4 Å². The number of para-hydroxylation sites is 1. The van der Waals surface area contributed by atoms with Crippen LogP contribution < -0.4 is 9.64 Å². The van der Waals surface area contributed by atoms with E-state index in [1.54, 1.807) is 6.20 Å². The van der Waals surface area contributed by atoms with Gasteiger partial charge >= 0.3 is 6.03 Å². The molecule has 2 aromatic carbocycles. The fraction of sp³-hybridized carbons (Fsp3) is 0.158. The number of fused-ring (bicyclic) bond motifs is 1. The summed E-state index contributed by atoms with van der Waals surface area (Å²) in [6.07, 6.45) is 2.13. The highest BCUT2D eigenvalue weighted by Crippen LogP contribution is 2.23. The van der Waals surface area contributed by atoms with E-state index in [9.17, 15) is 13.6 Å². The molecule has 0 fully saturated rings. The van der Waals surface area contributed by atoms with Gasteiger partial charge in [-0.3, -0.25) is 9.47 Å². The molecule has 0 unspecified atom stereocenters. The second-order valence-electron chi connectivity index (χ2n) is 5.90. The maximum absolute atomic E-state index is 13.5. The number of carbonyl (C=O) groups excluding carboxylic acids is 1. The van der Waals surface area contributed by atoms with E-state index in [-0.39, 0.29) is 12.6 Å². The molecule has 0 saturated heterocycles. The first kappa shape index (κ1) is 16.3. The van der Waals surface area contributed by atoms with Crippen LogP contribution >= 0.6 is 0 Å². The van der Waals surface area contributed by atoms with Crippen molar-refractivity contribution in [3.63, 3.8) is 0 Å². The van der Waals surface area contributed by atoms with Crippen LogP contribution in [-0.2, 0) is 13.0 Å². The summed E-state index contributed by atoms with van der Waals surface area (Å²) in [5, 5.41) is 0. The molecular formula is C19H15F2N3O2. The predicted molar refractivity (Wildman–Crippen MR) is 91.2 cm³/mol. The number of imidazole rings is 1. The largest absolute Gasteiger partial charge is 0.487 e. The Hall–Kier alpha value is -3.22. The lowest BCUT2D eigenvalue weighted by molar-refractivity contribution is 0.245. The lowest BCUT2D eigenvalue weighted by Crippen LogP contribution is -2.41. The van der Waals surface area contributed by atoms with Crippen LogP contribution in [0.4, 0.5) is 19.3 Å². The van der Waals surface area contributed by atoms with Gasteiger partial charge in [0, 0.05) is 30.9 Å². The van der Waals surface area contributed by atoms with Gasteiger partial charge in [0.05, 0.1) is 5.69 Å². The van der Waals surface area contributed by atoms with Crippen LogP contribution in [0, 0.1) is 11.6 Å². The maximum Gasteiger partial charge on any atom is 0.334 e. The number of aromatic nitrogens is 2. The zero-order chi connectivity index (χ0) is 18.1. The Morgan fingerprint density at radius 3 is 2.65 bits per heavy atom. The van der Waals surface area contributed by atoms with Crippen LogP contribution in [0.2, 0.25) is 0 Å². The van der Waals surface area contributed by atoms with Crippen molar-refractivity contribution in [2.75, 3.05) is 11.4 Å². The van der Waals surface area contributed by atoms with Crippen LogP contribution in [0.1, 0.15) is 11.5 Å². The number of hydrogen-bond donors (Lipinski definition) is 0. The molecule has 0 N–H and O–H groups in total. The minimum atomic E-state index is -0.983. The van der Waals surface area contributed by atoms with Gasteiger partial charge < -0.3 is 4.74 Å². The van der Waals surface area contributed by atoms with Crippen LogP contribution in [-0.4, -0.2) is 22.1 Å². The molecule has 1 aromatic heterocycles. The number of benzene rings is 2. The number of hydrogen-bond acceptors (Lipinski definition) is 3. The molecule has 26 heavy (non-hydrogen) atoms.